The number of rotatable bonds is 5. The molecule has 7 nitrogen and oxygen atoms in total. The Morgan fingerprint density at radius 3 is 2.36 bits per heavy atom. The molecule has 0 atom stereocenters. The summed E-state index contributed by atoms with van der Waals surface area (Å²) in [7, 11) is 4.40. The normalized spacial score (nSPS) is 13.5. The minimum absolute atomic E-state index is 0.0591. The van der Waals surface area contributed by atoms with E-state index in [9.17, 15) is 14.7 Å². The van der Waals surface area contributed by atoms with E-state index in [4.69, 9.17) is 14.2 Å². The van der Waals surface area contributed by atoms with E-state index in [0.717, 1.165) is 5.56 Å². The summed E-state index contributed by atoms with van der Waals surface area (Å²) in [5, 5.41) is 10.3. The summed E-state index contributed by atoms with van der Waals surface area (Å²) in [6.45, 7) is 0.884. The second-order valence-corrected chi connectivity index (χ2v) is 6.56. The SMILES string of the molecule is COC(=O)c1cc(O)c2c(c1)C(=O)N(Cc1cc(OC)cc(OC)c1)CCC2. The summed E-state index contributed by atoms with van der Waals surface area (Å²) < 4.78 is 15.3. The Bertz CT molecular complexity index is 886. The number of hydrogen-bond acceptors (Lipinski definition) is 6. The molecule has 1 aliphatic heterocycles. The highest BCUT2D eigenvalue weighted by Crippen LogP contribution is 2.30. The smallest absolute Gasteiger partial charge is 0.338 e. The van der Waals surface area contributed by atoms with E-state index in [-0.39, 0.29) is 17.2 Å². The fraction of sp³-hybridized carbons (Fsp3) is 0.333. The molecule has 0 unspecified atom stereocenters. The van der Waals surface area contributed by atoms with Gasteiger partial charge in [0.05, 0.1) is 26.9 Å². The first-order chi connectivity index (χ1) is 13.5. The van der Waals surface area contributed by atoms with E-state index >= 15 is 0 Å². The van der Waals surface area contributed by atoms with Crippen molar-refractivity contribution in [3.63, 3.8) is 0 Å². The van der Waals surface area contributed by atoms with Crippen LogP contribution in [0.1, 0.15) is 38.3 Å². The average molecular weight is 385 g/mol. The van der Waals surface area contributed by atoms with Gasteiger partial charge in [-0.3, -0.25) is 4.79 Å². The summed E-state index contributed by atoms with van der Waals surface area (Å²) >= 11 is 0. The van der Waals surface area contributed by atoms with Gasteiger partial charge in [0.15, 0.2) is 0 Å². The first kappa shape index (κ1) is 19.5. The molecular formula is C21H23NO6. The van der Waals surface area contributed by atoms with Crippen LogP contribution in [-0.2, 0) is 17.7 Å². The molecule has 0 spiro atoms. The van der Waals surface area contributed by atoms with Gasteiger partial charge in [0.25, 0.3) is 5.91 Å². The van der Waals surface area contributed by atoms with Crippen LogP contribution in [-0.4, -0.2) is 49.8 Å². The van der Waals surface area contributed by atoms with Crippen molar-refractivity contribution in [2.45, 2.75) is 19.4 Å². The fourth-order valence-electron chi connectivity index (χ4n) is 3.39. The molecule has 2 aromatic rings. The van der Waals surface area contributed by atoms with Crippen LogP contribution >= 0.6 is 0 Å². The van der Waals surface area contributed by atoms with Crippen molar-refractivity contribution in [3.8, 4) is 17.2 Å². The monoisotopic (exact) mass is 385 g/mol. The van der Waals surface area contributed by atoms with Gasteiger partial charge in [-0.25, -0.2) is 4.79 Å². The van der Waals surface area contributed by atoms with Gasteiger partial charge in [-0.1, -0.05) is 0 Å². The number of amides is 1. The minimum Gasteiger partial charge on any atom is -0.508 e. The zero-order valence-corrected chi connectivity index (χ0v) is 16.2. The molecule has 1 heterocycles. The van der Waals surface area contributed by atoms with Gasteiger partial charge in [-0.05, 0) is 42.7 Å². The maximum Gasteiger partial charge on any atom is 0.338 e. The van der Waals surface area contributed by atoms with Crippen molar-refractivity contribution in [2.75, 3.05) is 27.9 Å². The lowest BCUT2D eigenvalue weighted by Gasteiger charge is -2.22. The van der Waals surface area contributed by atoms with Crippen LogP contribution < -0.4 is 9.47 Å². The second kappa shape index (κ2) is 8.21. The quantitative estimate of drug-likeness (QED) is 0.797. The van der Waals surface area contributed by atoms with Gasteiger partial charge >= 0.3 is 5.97 Å². The standard InChI is InChI=1S/C21H23NO6/c1-26-15-7-13(8-16(11-15)27-2)12-22-6-4-5-17-18(20(22)24)9-14(10-19(17)23)21(25)28-3/h7-11,23H,4-6,12H2,1-3H3. The Kier molecular flexibility index (Phi) is 5.73. The molecule has 3 rings (SSSR count). The van der Waals surface area contributed by atoms with Crippen LogP contribution in [0.2, 0.25) is 0 Å². The van der Waals surface area contributed by atoms with Crippen molar-refractivity contribution < 1.29 is 28.9 Å². The van der Waals surface area contributed by atoms with Gasteiger partial charge in [0, 0.05) is 30.3 Å². The first-order valence-corrected chi connectivity index (χ1v) is 8.92. The molecule has 148 valence electrons. The third-order valence-electron chi connectivity index (χ3n) is 4.80. The summed E-state index contributed by atoms with van der Waals surface area (Å²) in [6, 6.07) is 8.31. The lowest BCUT2D eigenvalue weighted by atomic mass is 9.99. The molecule has 1 aliphatic rings. The second-order valence-electron chi connectivity index (χ2n) is 6.56. The molecule has 0 aromatic heterocycles. The zero-order valence-electron chi connectivity index (χ0n) is 16.2. The molecule has 0 radical (unpaired) electrons. The van der Waals surface area contributed by atoms with E-state index in [0.29, 0.717) is 48.6 Å². The minimum atomic E-state index is -0.598. The van der Waals surface area contributed by atoms with E-state index in [1.54, 1.807) is 25.2 Å². The zero-order chi connectivity index (χ0) is 20.3. The summed E-state index contributed by atoms with van der Waals surface area (Å²) in [5.41, 5.74) is 1.90. The van der Waals surface area contributed by atoms with Crippen LogP contribution in [0.5, 0.6) is 17.2 Å². The Morgan fingerprint density at radius 2 is 1.75 bits per heavy atom. The van der Waals surface area contributed by atoms with Gasteiger partial charge in [-0.2, -0.15) is 0 Å². The number of phenols is 1. The highest BCUT2D eigenvalue weighted by molar-refractivity contribution is 6.00. The molecule has 7 heteroatoms. The van der Waals surface area contributed by atoms with Gasteiger partial charge in [0.2, 0.25) is 0 Å². The van der Waals surface area contributed by atoms with E-state index in [1.807, 2.05) is 12.1 Å². The van der Waals surface area contributed by atoms with Gasteiger partial charge in [-0.15, -0.1) is 0 Å². The molecule has 1 amide bonds. The van der Waals surface area contributed by atoms with Crippen molar-refractivity contribution in [3.05, 3.63) is 52.6 Å². The molecule has 0 saturated carbocycles. The Balaban J connectivity index is 1.95. The molecule has 28 heavy (non-hydrogen) atoms. The molecule has 0 saturated heterocycles. The van der Waals surface area contributed by atoms with E-state index in [2.05, 4.69) is 0 Å². The first-order valence-electron chi connectivity index (χ1n) is 8.92. The maximum absolute atomic E-state index is 13.2. The number of ether oxygens (including phenoxy) is 3. The highest BCUT2D eigenvalue weighted by atomic mass is 16.5. The van der Waals surface area contributed by atoms with Crippen LogP contribution in [0, 0.1) is 0 Å². The average Bonchev–Trinajstić information content (AvgIpc) is 2.86. The van der Waals surface area contributed by atoms with Crippen molar-refractivity contribution in [1.82, 2.24) is 4.90 Å². The number of esters is 1. The van der Waals surface area contributed by atoms with Crippen LogP contribution in [0.25, 0.3) is 0 Å². The summed E-state index contributed by atoms with van der Waals surface area (Å²) in [5.74, 6) is 0.385. The Hall–Kier alpha value is -3.22. The topological polar surface area (TPSA) is 85.3 Å². The number of phenolic OH excluding ortho intramolecular Hbond substituents is 1. The van der Waals surface area contributed by atoms with E-state index < -0.39 is 5.97 Å². The number of aromatic hydroxyl groups is 1. The van der Waals surface area contributed by atoms with Crippen LogP contribution in [0.4, 0.5) is 0 Å². The third-order valence-corrected chi connectivity index (χ3v) is 4.80. The van der Waals surface area contributed by atoms with Crippen molar-refractivity contribution >= 4 is 11.9 Å². The number of nitrogens with zero attached hydrogens (tertiary/aromatic N) is 1. The predicted molar refractivity (Wildman–Crippen MR) is 102 cm³/mol. The molecule has 0 aliphatic carbocycles. The highest BCUT2D eigenvalue weighted by Gasteiger charge is 2.26. The number of hydrogen-bond donors (Lipinski definition) is 1. The third kappa shape index (κ3) is 3.88. The van der Waals surface area contributed by atoms with Crippen molar-refractivity contribution in [1.29, 1.82) is 0 Å². The van der Waals surface area contributed by atoms with Crippen LogP contribution in [0.15, 0.2) is 30.3 Å². The molecule has 1 N–H and O–H groups in total. The number of methoxy groups -OCH3 is 3. The fourth-order valence-corrected chi connectivity index (χ4v) is 3.39. The predicted octanol–water partition coefficient (Wildman–Crippen LogP) is 2.78. The van der Waals surface area contributed by atoms with Gasteiger partial charge < -0.3 is 24.2 Å². The van der Waals surface area contributed by atoms with Gasteiger partial charge in [0.1, 0.15) is 17.2 Å². The largest absolute Gasteiger partial charge is 0.508 e. The number of carbonyl (C=O) groups excluding carboxylic acids is 2. The summed E-state index contributed by atoms with van der Waals surface area (Å²) in [4.78, 5) is 26.7. The molecule has 0 bridgehead atoms. The lowest BCUT2D eigenvalue weighted by molar-refractivity contribution is 0.0600. The Morgan fingerprint density at radius 1 is 1.07 bits per heavy atom. The molecular weight excluding hydrogens is 362 g/mol. The lowest BCUT2D eigenvalue weighted by Crippen LogP contribution is -2.30. The Labute approximate surface area is 163 Å². The molecule has 2 aromatic carbocycles. The van der Waals surface area contributed by atoms with E-state index in [1.165, 1.54) is 19.2 Å². The van der Waals surface area contributed by atoms with Crippen molar-refractivity contribution in [2.24, 2.45) is 0 Å². The maximum atomic E-state index is 13.2. The number of benzene rings is 2. The molecule has 0 fully saturated rings. The number of fused-ring (bicyclic) bond motifs is 1. The van der Waals surface area contributed by atoms with Crippen LogP contribution in [0.3, 0.4) is 0 Å². The summed E-state index contributed by atoms with van der Waals surface area (Å²) in [6.07, 6.45) is 1.25. The number of carbonyl (C=O) groups is 2.